The van der Waals surface area contributed by atoms with E-state index >= 15 is 0 Å². The molecule has 0 heterocycles. The van der Waals surface area contributed by atoms with Crippen molar-refractivity contribution in [2.75, 3.05) is 14.2 Å². The zero-order valence-electron chi connectivity index (χ0n) is 11.1. The van der Waals surface area contributed by atoms with Crippen molar-refractivity contribution in [2.24, 2.45) is 5.73 Å². The minimum absolute atomic E-state index is 0.510. The second kappa shape index (κ2) is 6.50. The van der Waals surface area contributed by atoms with Crippen LogP contribution in [0.4, 0.5) is 0 Å². The number of rotatable bonds is 5. The summed E-state index contributed by atoms with van der Waals surface area (Å²) in [5.41, 5.74) is 6.88. The van der Waals surface area contributed by atoms with Crippen LogP contribution in [0.25, 0.3) is 0 Å². The topological polar surface area (TPSA) is 44.5 Å². The van der Waals surface area contributed by atoms with Gasteiger partial charge in [-0.25, -0.2) is 0 Å². The largest absolute Gasteiger partial charge is 0.497 e. The Labute approximate surface area is 117 Å². The molecule has 0 aliphatic heterocycles. The summed E-state index contributed by atoms with van der Waals surface area (Å²) >= 11 is 1.66. The normalized spacial score (nSPS) is 10.3. The van der Waals surface area contributed by atoms with Gasteiger partial charge in [0.25, 0.3) is 0 Å². The van der Waals surface area contributed by atoms with Gasteiger partial charge in [0.05, 0.1) is 14.2 Å². The maximum atomic E-state index is 5.77. The van der Waals surface area contributed by atoms with E-state index in [2.05, 4.69) is 0 Å². The lowest BCUT2D eigenvalue weighted by Gasteiger charge is -2.10. The van der Waals surface area contributed by atoms with Crippen LogP contribution >= 0.6 is 11.8 Å². The Balaban J connectivity index is 2.30. The molecule has 0 radical (unpaired) electrons. The smallest absolute Gasteiger partial charge is 0.120 e. The van der Waals surface area contributed by atoms with Crippen molar-refractivity contribution in [3.8, 4) is 11.5 Å². The van der Waals surface area contributed by atoms with Gasteiger partial charge < -0.3 is 15.2 Å². The highest BCUT2D eigenvalue weighted by Gasteiger charge is 2.06. The van der Waals surface area contributed by atoms with Gasteiger partial charge in [0, 0.05) is 16.3 Å². The van der Waals surface area contributed by atoms with Crippen LogP contribution in [-0.2, 0) is 6.54 Å². The Morgan fingerprint density at radius 1 is 1.00 bits per heavy atom. The van der Waals surface area contributed by atoms with E-state index in [1.54, 1.807) is 26.0 Å². The highest BCUT2D eigenvalue weighted by molar-refractivity contribution is 7.99. The van der Waals surface area contributed by atoms with Gasteiger partial charge in [0.15, 0.2) is 0 Å². The van der Waals surface area contributed by atoms with Gasteiger partial charge in [0.2, 0.25) is 0 Å². The summed E-state index contributed by atoms with van der Waals surface area (Å²) in [6.07, 6.45) is 0. The van der Waals surface area contributed by atoms with E-state index < -0.39 is 0 Å². The molecule has 19 heavy (non-hydrogen) atoms. The average molecular weight is 275 g/mol. The summed E-state index contributed by atoms with van der Waals surface area (Å²) < 4.78 is 10.5. The van der Waals surface area contributed by atoms with Crippen molar-refractivity contribution in [3.05, 3.63) is 48.0 Å². The first-order valence-corrected chi connectivity index (χ1v) is 6.77. The van der Waals surface area contributed by atoms with Crippen LogP contribution in [0.3, 0.4) is 0 Å². The molecule has 0 amide bonds. The predicted octanol–water partition coefficient (Wildman–Crippen LogP) is 3.31. The van der Waals surface area contributed by atoms with E-state index in [0.29, 0.717) is 6.54 Å². The number of hydrogen-bond acceptors (Lipinski definition) is 4. The second-order valence-electron chi connectivity index (χ2n) is 3.96. The number of hydrogen-bond donors (Lipinski definition) is 1. The minimum atomic E-state index is 0.510. The van der Waals surface area contributed by atoms with Crippen LogP contribution in [0.5, 0.6) is 11.5 Å². The molecule has 3 nitrogen and oxygen atoms in total. The summed E-state index contributed by atoms with van der Waals surface area (Å²) in [7, 11) is 3.33. The van der Waals surface area contributed by atoms with Gasteiger partial charge in [-0.3, -0.25) is 0 Å². The molecule has 2 rings (SSSR count). The summed E-state index contributed by atoms with van der Waals surface area (Å²) in [6, 6.07) is 13.9. The molecule has 0 fully saturated rings. The molecule has 0 aliphatic carbocycles. The third-order valence-corrected chi connectivity index (χ3v) is 3.85. The molecule has 0 saturated heterocycles. The van der Waals surface area contributed by atoms with E-state index in [1.165, 1.54) is 0 Å². The fourth-order valence-corrected chi connectivity index (χ4v) is 2.75. The van der Waals surface area contributed by atoms with Crippen molar-refractivity contribution < 1.29 is 9.47 Å². The van der Waals surface area contributed by atoms with Crippen LogP contribution in [0.2, 0.25) is 0 Å². The molecule has 2 aromatic rings. The van der Waals surface area contributed by atoms with Crippen LogP contribution in [0.1, 0.15) is 5.56 Å². The number of ether oxygens (including phenoxy) is 2. The molecule has 0 saturated carbocycles. The first-order valence-electron chi connectivity index (χ1n) is 5.95. The molecule has 0 aromatic heterocycles. The molecule has 0 atom stereocenters. The van der Waals surface area contributed by atoms with Crippen molar-refractivity contribution >= 4 is 11.8 Å². The first-order chi connectivity index (χ1) is 9.26. The molecule has 0 unspecified atom stereocenters. The third-order valence-electron chi connectivity index (χ3n) is 2.76. The maximum Gasteiger partial charge on any atom is 0.120 e. The Kier molecular flexibility index (Phi) is 4.71. The van der Waals surface area contributed by atoms with Gasteiger partial charge in [-0.05, 0) is 35.9 Å². The molecule has 2 N–H and O–H groups in total. The molecule has 4 heteroatoms. The monoisotopic (exact) mass is 275 g/mol. The lowest BCUT2D eigenvalue weighted by atomic mass is 10.2. The standard InChI is InChI=1S/C15H17NO2S/c1-17-12-4-3-5-14(8-12)19-15-9-13(18-2)7-6-11(15)10-16/h3-9H,10,16H2,1-2H3. The Bertz CT molecular complexity index is 558. The second-order valence-corrected chi connectivity index (χ2v) is 5.07. The fraction of sp³-hybridized carbons (Fsp3) is 0.200. The van der Waals surface area contributed by atoms with E-state index in [0.717, 1.165) is 26.9 Å². The fourth-order valence-electron chi connectivity index (χ4n) is 1.72. The summed E-state index contributed by atoms with van der Waals surface area (Å²) in [4.78, 5) is 2.22. The van der Waals surface area contributed by atoms with E-state index in [4.69, 9.17) is 15.2 Å². The van der Waals surface area contributed by atoms with Crippen molar-refractivity contribution in [3.63, 3.8) is 0 Å². The molecule has 0 spiro atoms. The van der Waals surface area contributed by atoms with Crippen LogP contribution in [-0.4, -0.2) is 14.2 Å². The van der Waals surface area contributed by atoms with Gasteiger partial charge in [-0.1, -0.05) is 23.9 Å². The molecular weight excluding hydrogens is 258 g/mol. The first kappa shape index (κ1) is 13.8. The van der Waals surface area contributed by atoms with Crippen LogP contribution < -0.4 is 15.2 Å². The average Bonchev–Trinajstić information content (AvgIpc) is 2.47. The molecule has 100 valence electrons. The SMILES string of the molecule is COc1cccc(Sc2cc(OC)ccc2CN)c1. The highest BCUT2D eigenvalue weighted by Crippen LogP contribution is 2.34. The van der Waals surface area contributed by atoms with Crippen LogP contribution in [0, 0.1) is 0 Å². The van der Waals surface area contributed by atoms with E-state index in [9.17, 15) is 0 Å². The van der Waals surface area contributed by atoms with Crippen molar-refractivity contribution in [1.82, 2.24) is 0 Å². The third kappa shape index (κ3) is 3.43. The summed E-state index contributed by atoms with van der Waals surface area (Å²) in [6.45, 7) is 0.510. The van der Waals surface area contributed by atoms with Crippen LogP contribution in [0.15, 0.2) is 52.3 Å². The Morgan fingerprint density at radius 2 is 1.74 bits per heavy atom. The Morgan fingerprint density at radius 3 is 2.42 bits per heavy atom. The number of benzene rings is 2. The zero-order chi connectivity index (χ0) is 13.7. The molecule has 0 bridgehead atoms. The van der Waals surface area contributed by atoms with Gasteiger partial charge >= 0.3 is 0 Å². The number of nitrogens with two attached hydrogens (primary N) is 1. The lowest BCUT2D eigenvalue weighted by molar-refractivity contribution is 0.413. The van der Waals surface area contributed by atoms with Gasteiger partial charge in [-0.2, -0.15) is 0 Å². The lowest BCUT2D eigenvalue weighted by Crippen LogP contribution is -1.98. The summed E-state index contributed by atoms with van der Waals surface area (Å²) in [5, 5.41) is 0. The van der Waals surface area contributed by atoms with Crippen molar-refractivity contribution in [1.29, 1.82) is 0 Å². The summed E-state index contributed by atoms with van der Waals surface area (Å²) in [5.74, 6) is 1.68. The van der Waals surface area contributed by atoms with E-state index in [-0.39, 0.29) is 0 Å². The molecular formula is C15H17NO2S. The van der Waals surface area contributed by atoms with Gasteiger partial charge in [-0.15, -0.1) is 0 Å². The Hall–Kier alpha value is -1.65. The molecule has 0 aliphatic rings. The maximum absolute atomic E-state index is 5.77. The van der Waals surface area contributed by atoms with Crippen molar-refractivity contribution in [2.45, 2.75) is 16.3 Å². The zero-order valence-corrected chi connectivity index (χ0v) is 11.9. The number of methoxy groups -OCH3 is 2. The quantitative estimate of drug-likeness (QED) is 0.909. The minimum Gasteiger partial charge on any atom is -0.497 e. The predicted molar refractivity (Wildman–Crippen MR) is 78.0 cm³/mol. The molecule has 2 aromatic carbocycles. The van der Waals surface area contributed by atoms with E-state index in [1.807, 2.05) is 42.5 Å². The van der Waals surface area contributed by atoms with Gasteiger partial charge in [0.1, 0.15) is 11.5 Å². The highest BCUT2D eigenvalue weighted by atomic mass is 32.2.